The molecule has 0 saturated heterocycles. The Morgan fingerprint density at radius 1 is 1.09 bits per heavy atom. The van der Waals surface area contributed by atoms with Crippen molar-refractivity contribution in [3.05, 3.63) is 30.3 Å². The summed E-state index contributed by atoms with van der Waals surface area (Å²) in [6, 6.07) is 9.23. The molecule has 118 valence electrons. The van der Waals surface area contributed by atoms with Gasteiger partial charge in [0, 0.05) is 23.9 Å². The van der Waals surface area contributed by atoms with E-state index in [9.17, 15) is 4.79 Å². The third kappa shape index (κ3) is 3.42. The molecule has 5 heteroatoms. The second-order valence-corrected chi connectivity index (χ2v) is 5.81. The number of nitrogens with one attached hydrogen (secondary N) is 1. The predicted molar refractivity (Wildman–Crippen MR) is 86.0 cm³/mol. The maximum atomic E-state index is 11.6. The van der Waals surface area contributed by atoms with Gasteiger partial charge in [0.25, 0.3) is 0 Å². The second kappa shape index (κ2) is 6.13. The number of ether oxygens (including phenoxy) is 3. The van der Waals surface area contributed by atoms with E-state index in [2.05, 4.69) is 5.32 Å². The summed E-state index contributed by atoms with van der Waals surface area (Å²) in [7, 11) is 3.11. The van der Waals surface area contributed by atoms with E-state index in [0.29, 0.717) is 17.2 Å². The van der Waals surface area contributed by atoms with Gasteiger partial charge in [-0.05, 0) is 20.8 Å². The lowest BCUT2D eigenvalue weighted by Gasteiger charge is -2.24. The van der Waals surface area contributed by atoms with Crippen LogP contribution in [0.5, 0.6) is 17.2 Å². The van der Waals surface area contributed by atoms with E-state index in [4.69, 9.17) is 14.2 Å². The normalized spacial score (nSPS) is 11.1. The zero-order valence-electron chi connectivity index (χ0n) is 13.5. The molecule has 0 spiro atoms. The minimum absolute atomic E-state index is 0.403. The summed E-state index contributed by atoms with van der Waals surface area (Å²) in [5.41, 5.74) is -0.403. The minimum atomic E-state index is -0.531. The van der Waals surface area contributed by atoms with Crippen LogP contribution >= 0.6 is 0 Å². The largest absolute Gasteiger partial charge is 0.492 e. The van der Waals surface area contributed by atoms with Crippen molar-refractivity contribution in [1.82, 2.24) is 5.32 Å². The van der Waals surface area contributed by atoms with Gasteiger partial charge in [-0.1, -0.05) is 24.3 Å². The second-order valence-electron chi connectivity index (χ2n) is 5.81. The van der Waals surface area contributed by atoms with Gasteiger partial charge in [0.15, 0.2) is 11.5 Å². The van der Waals surface area contributed by atoms with Crippen molar-refractivity contribution in [2.24, 2.45) is 0 Å². The summed E-state index contributed by atoms with van der Waals surface area (Å²) >= 11 is 0. The van der Waals surface area contributed by atoms with Crippen LogP contribution in [0.2, 0.25) is 0 Å². The van der Waals surface area contributed by atoms with Crippen LogP contribution in [0.25, 0.3) is 10.8 Å². The molecular formula is C17H21NO4. The third-order valence-electron chi connectivity index (χ3n) is 2.95. The first kappa shape index (κ1) is 15.9. The standard InChI is InChI=1S/C17H21NO4/c1-17(2,3)22-14-10-13(21-16(19)18-4)11-8-6-7-9-12(11)15(14)20-5/h6-10H,1-5H3,(H,18,19). The summed E-state index contributed by atoms with van der Waals surface area (Å²) in [5.74, 6) is 1.58. The monoisotopic (exact) mass is 303 g/mol. The van der Waals surface area contributed by atoms with Crippen molar-refractivity contribution in [2.75, 3.05) is 14.2 Å². The van der Waals surface area contributed by atoms with Crippen LogP contribution in [0.15, 0.2) is 30.3 Å². The van der Waals surface area contributed by atoms with E-state index in [0.717, 1.165) is 10.8 Å². The molecule has 2 aromatic rings. The van der Waals surface area contributed by atoms with E-state index < -0.39 is 11.7 Å². The number of amides is 1. The third-order valence-corrected chi connectivity index (χ3v) is 2.95. The molecule has 1 amide bonds. The lowest BCUT2D eigenvalue weighted by Crippen LogP contribution is -2.24. The molecule has 0 aliphatic heterocycles. The van der Waals surface area contributed by atoms with Crippen LogP contribution in [0.1, 0.15) is 20.8 Å². The molecule has 0 unspecified atom stereocenters. The van der Waals surface area contributed by atoms with Gasteiger partial charge >= 0.3 is 6.09 Å². The van der Waals surface area contributed by atoms with Crippen molar-refractivity contribution < 1.29 is 19.0 Å². The lowest BCUT2D eigenvalue weighted by atomic mass is 10.1. The fraction of sp³-hybridized carbons (Fsp3) is 0.353. The van der Waals surface area contributed by atoms with Crippen molar-refractivity contribution in [2.45, 2.75) is 26.4 Å². The number of rotatable bonds is 3. The summed E-state index contributed by atoms with van der Waals surface area (Å²) in [5, 5.41) is 4.05. The Bertz CT molecular complexity index is 689. The Morgan fingerprint density at radius 3 is 2.27 bits per heavy atom. The van der Waals surface area contributed by atoms with Crippen molar-refractivity contribution in [1.29, 1.82) is 0 Å². The van der Waals surface area contributed by atoms with Crippen LogP contribution in [0, 0.1) is 0 Å². The number of carbonyl (C=O) groups excluding carboxylic acids is 1. The Balaban J connectivity index is 2.65. The average Bonchev–Trinajstić information content (AvgIpc) is 2.45. The molecule has 0 radical (unpaired) electrons. The van der Waals surface area contributed by atoms with E-state index >= 15 is 0 Å². The summed E-state index contributed by atoms with van der Waals surface area (Å²) in [6.07, 6.45) is -0.531. The van der Waals surface area contributed by atoms with Crippen LogP contribution in [0.4, 0.5) is 4.79 Å². The van der Waals surface area contributed by atoms with Gasteiger partial charge in [-0.15, -0.1) is 0 Å². The van der Waals surface area contributed by atoms with E-state index in [1.54, 1.807) is 13.2 Å². The molecule has 0 heterocycles. The van der Waals surface area contributed by atoms with Gasteiger partial charge in [-0.25, -0.2) is 4.79 Å². The van der Waals surface area contributed by atoms with Crippen LogP contribution < -0.4 is 19.5 Å². The Kier molecular flexibility index (Phi) is 4.45. The van der Waals surface area contributed by atoms with E-state index in [-0.39, 0.29) is 0 Å². The first-order chi connectivity index (χ1) is 10.4. The van der Waals surface area contributed by atoms with Crippen LogP contribution in [-0.2, 0) is 0 Å². The number of hydrogen-bond acceptors (Lipinski definition) is 4. The molecule has 0 saturated carbocycles. The van der Waals surface area contributed by atoms with Gasteiger partial charge in [-0.3, -0.25) is 0 Å². The molecule has 1 N–H and O–H groups in total. The first-order valence-electron chi connectivity index (χ1n) is 7.04. The summed E-state index contributed by atoms with van der Waals surface area (Å²) < 4.78 is 16.8. The number of carbonyl (C=O) groups is 1. The zero-order valence-corrected chi connectivity index (χ0v) is 13.5. The maximum Gasteiger partial charge on any atom is 0.412 e. The quantitative estimate of drug-likeness (QED) is 0.938. The van der Waals surface area contributed by atoms with E-state index in [1.807, 2.05) is 45.0 Å². The number of methoxy groups -OCH3 is 1. The highest BCUT2D eigenvalue weighted by molar-refractivity contribution is 5.96. The molecule has 0 aliphatic rings. The average molecular weight is 303 g/mol. The Hall–Kier alpha value is -2.43. The van der Waals surface area contributed by atoms with Crippen LogP contribution in [0.3, 0.4) is 0 Å². The van der Waals surface area contributed by atoms with Crippen LogP contribution in [-0.4, -0.2) is 25.9 Å². The highest BCUT2D eigenvalue weighted by Gasteiger charge is 2.20. The van der Waals surface area contributed by atoms with Gasteiger partial charge in [0.2, 0.25) is 0 Å². The highest BCUT2D eigenvalue weighted by Crippen LogP contribution is 2.42. The molecule has 2 rings (SSSR count). The van der Waals surface area contributed by atoms with Gasteiger partial charge in [0.05, 0.1) is 7.11 Å². The van der Waals surface area contributed by atoms with E-state index in [1.165, 1.54) is 7.05 Å². The summed E-state index contributed by atoms with van der Waals surface area (Å²) in [6.45, 7) is 5.84. The molecule has 0 atom stereocenters. The van der Waals surface area contributed by atoms with Crippen molar-refractivity contribution in [3.8, 4) is 17.2 Å². The molecule has 5 nitrogen and oxygen atoms in total. The molecule has 0 bridgehead atoms. The molecule has 22 heavy (non-hydrogen) atoms. The summed E-state index contributed by atoms with van der Waals surface area (Å²) in [4.78, 5) is 11.6. The van der Waals surface area contributed by atoms with Crippen molar-refractivity contribution in [3.63, 3.8) is 0 Å². The number of hydrogen-bond donors (Lipinski definition) is 1. The van der Waals surface area contributed by atoms with Gasteiger partial charge < -0.3 is 19.5 Å². The fourth-order valence-electron chi connectivity index (χ4n) is 2.14. The maximum absolute atomic E-state index is 11.6. The lowest BCUT2D eigenvalue weighted by molar-refractivity contribution is 0.125. The zero-order chi connectivity index (χ0) is 16.3. The molecule has 2 aromatic carbocycles. The van der Waals surface area contributed by atoms with Gasteiger partial charge in [0.1, 0.15) is 11.4 Å². The minimum Gasteiger partial charge on any atom is -0.492 e. The molecular weight excluding hydrogens is 282 g/mol. The van der Waals surface area contributed by atoms with Gasteiger partial charge in [-0.2, -0.15) is 0 Å². The highest BCUT2D eigenvalue weighted by atomic mass is 16.6. The number of fused-ring (bicyclic) bond motifs is 1. The number of benzene rings is 2. The Labute approximate surface area is 130 Å². The molecule has 0 fully saturated rings. The van der Waals surface area contributed by atoms with Crippen molar-refractivity contribution >= 4 is 16.9 Å². The fourth-order valence-corrected chi connectivity index (χ4v) is 2.14. The Morgan fingerprint density at radius 2 is 1.73 bits per heavy atom. The topological polar surface area (TPSA) is 56.8 Å². The molecule has 0 aromatic heterocycles. The smallest absolute Gasteiger partial charge is 0.412 e. The molecule has 0 aliphatic carbocycles. The predicted octanol–water partition coefficient (Wildman–Crippen LogP) is 3.74. The SMILES string of the molecule is CNC(=O)Oc1cc(OC(C)(C)C)c(OC)c2ccccc12. The first-order valence-corrected chi connectivity index (χ1v) is 7.04.